The highest BCUT2D eigenvalue weighted by Gasteiger charge is 2.51. The molecule has 0 radical (unpaired) electrons. The molecule has 2 N–H and O–H groups in total. The number of amides is 2. The summed E-state index contributed by atoms with van der Waals surface area (Å²) in [4.78, 5) is 43.5. The summed E-state index contributed by atoms with van der Waals surface area (Å²) in [5, 5.41) is 11.3. The number of rotatable bonds is 8. The number of carboxylic acids is 1. The van der Waals surface area contributed by atoms with E-state index in [9.17, 15) is 18.8 Å². The maximum Gasteiger partial charge on any atom is 0.305 e. The van der Waals surface area contributed by atoms with Gasteiger partial charge in [-0.05, 0) is 68.4 Å². The van der Waals surface area contributed by atoms with Gasteiger partial charge in [-0.2, -0.15) is 0 Å². The second-order valence-corrected chi connectivity index (χ2v) is 10.2. The van der Waals surface area contributed by atoms with Gasteiger partial charge < -0.3 is 15.3 Å². The summed E-state index contributed by atoms with van der Waals surface area (Å²) >= 11 is 6.02. The lowest BCUT2D eigenvalue weighted by Gasteiger charge is -2.44. The average molecular weight is 528 g/mol. The summed E-state index contributed by atoms with van der Waals surface area (Å²) in [7, 11) is 0. The molecule has 1 atom stereocenters. The summed E-state index contributed by atoms with van der Waals surface area (Å²) in [6, 6.07) is 11.1. The van der Waals surface area contributed by atoms with Crippen LogP contribution in [0.2, 0.25) is 5.02 Å². The Bertz CT molecular complexity index is 1220. The van der Waals surface area contributed by atoms with Crippen LogP contribution >= 0.6 is 11.6 Å². The Hall–Kier alpha value is -3.26. The van der Waals surface area contributed by atoms with Crippen molar-refractivity contribution in [2.75, 3.05) is 6.54 Å². The molecule has 1 heterocycles. The maximum absolute atomic E-state index is 14.9. The van der Waals surface area contributed by atoms with Crippen LogP contribution in [0, 0.1) is 11.7 Å². The molecule has 2 amide bonds. The van der Waals surface area contributed by atoms with Crippen LogP contribution in [-0.2, 0) is 9.59 Å². The first-order valence-electron chi connectivity index (χ1n) is 12.6. The van der Waals surface area contributed by atoms with Crippen LogP contribution in [-0.4, -0.2) is 45.7 Å². The molecule has 0 bridgehead atoms. The zero-order valence-corrected chi connectivity index (χ0v) is 21.7. The first-order valence-corrected chi connectivity index (χ1v) is 13.0. The van der Waals surface area contributed by atoms with Crippen LogP contribution in [0.25, 0.3) is 0 Å². The zero-order chi connectivity index (χ0) is 26.7. The molecule has 2 aromatic carbocycles. The smallest absolute Gasteiger partial charge is 0.305 e. The topological polar surface area (TPSA) is 99.1 Å². The predicted octanol–water partition coefficient (Wildman–Crippen LogP) is 5.37. The molecule has 9 heteroatoms. The number of carbonyl (C=O) groups excluding carboxylic acids is 2. The third-order valence-corrected chi connectivity index (χ3v) is 7.84. The van der Waals surface area contributed by atoms with Gasteiger partial charge in [-0.15, -0.1) is 0 Å². The second kappa shape index (κ2) is 11.0. The minimum absolute atomic E-state index is 0.0378. The van der Waals surface area contributed by atoms with E-state index in [1.807, 2.05) is 6.92 Å². The van der Waals surface area contributed by atoms with Gasteiger partial charge in [-0.1, -0.05) is 43.1 Å². The molecule has 0 saturated heterocycles. The first kappa shape index (κ1) is 26.8. The van der Waals surface area contributed by atoms with Crippen molar-refractivity contribution in [1.82, 2.24) is 10.2 Å². The number of halogens is 2. The fraction of sp³-hybridized carbons (Fsp3) is 0.429. The van der Waals surface area contributed by atoms with E-state index in [0.717, 1.165) is 24.8 Å². The summed E-state index contributed by atoms with van der Waals surface area (Å²) in [6.07, 6.45) is 4.15. The number of carbonyl (C=O) groups is 3. The van der Waals surface area contributed by atoms with E-state index < -0.39 is 17.4 Å². The molecule has 196 valence electrons. The molecule has 1 spiro atoms. The van der Waals surface area contributed by atoms with Crippen molar-refractivity contribution in [3.63, 3.8) is 0 Å². The predicted molar refractivity (Wildman–Crippen MR) is 139 cm³/mol. The second-order valence-electron chi connectivity index (χ2n) is 9.77. The Morgan fingerprint density at radius 3 is 2.51 bits per heavy atom. The fourth-order valence-electron chi connectivity index (χ4n) is 5.36. The molecule has 1 aliphatic heterocycles. The molecule has 2 aromatic rings. The lowest BCUT2D eigenvalue weighted by Crippen LogP contribution is -2.50. The van der Waals surface area contributed by atoms with Crippen LogP contribution in [0.3, 0.4) is 0 Å². The van der Waals surface area contributed by atoms with Crippen LogP contribution in [0.15, 0.2) is 47.5 Å². The van der Waals surface area contributed by atoms with Crippen molar-refractivity contribution in [3.8, 4) is 0 Å². The highest BCUT2D eigenvalue weighted by atomic mass is 35.5. The van der Waals surface area contributed by atoms with E-state index in [-0.39, 0.29) is 47.1 Å². The number of hydrogen-bond acceptors (Lipinski definition) is 4. The monoisotopic (exact) mass is 527 g/mol. The van der Waals surface area contributed by atoms with E-state index in [1.165, 1.54) is 12.1 Å². The molecule has 7 nitrogen and oxygen atoms in total. The molecule has 1 fully saturated rings. The molecule has 1 unspecified atom stereocenters. The van der Waals surface area contributed by atoms with Gasteiger partial charge in [0, 0.05) is 17.7 Å². The van der Waals surface area contributed by atoms with Gasteiger partial charge in [-0.25, -0.2) is 4.39 Å². The van der Waals surface area contributed by atoms with E-state index in [0.29, 0.717) is 24.3 Å². The van der Waals surface area contributed by atoms with Gasteiger partial charge >= 0.3 is 5.97 Å². The molecule has 4 rings (SSSR count). The molecule has 1 aliphatic carbocycles. The Kier molecular flexibility index (Phi) is 7.97. The lowest BCUT2D eigenvalue weighted by atomic mass is 9.79. The standard InChI is InChI=1S/C28H31ClFN3O4/c1-3-18-11-14-28(15-12-18)32-25(21-5-4-6-22(29)24(21)30)27(37)33(28)17(2)19-7-9-20(10-8-19)26(36)31-16-13-23(34)35/h4-10,17-18H,3,11-16H2,1-2H3,(H,31,36)(H,34,35). The van der Waals surface area contributed by atoms with Crippen molar-refractivity contribution < 1.29 is 23.9 Å². The van der Waals surface area contributed by atoms with Crippen molar-refractivity contribution in [1.29, 1.82) is 0 Å². The summed E-state index contributed by atoms with van der Waals surface area (Å²) in [5.41, 5.74) is 0.647. The number of benzene rings is 2. The van der Waals surface area contributed by atoms with E-state index >= 15 is 0 Å². The highest BCUT2D eigenvalue weighted by Crippen LogP contribution is 2.46. The Labute approximate surface area is 220 Å². The number of aliphatic imine (C=N–C) groups is 1. The Balaban J connectivity index is 1.62. The van der Waals surface area contributed by atoms with Crippen LogP contribution in [0.1, 0.15) is 79.9 Å². The number of hydrogen-bond donors (Lipinski definition) is 2. The van der Waals surface area contributed by atoms with E-state index in [4.69, 9.17) is 21.7 Å². The largest absolute Gasteiger partial charge is 0.481 e. The summed E-state index contributed by atoms with van der Waals surface area (Å²) < 4.78 is 14.9. The minimum Gasteiger partial charge on any atom is -0.481 e. The molecular formula is C28H31ClFN3O4. The van der Waals surface area contributed by atoms with Crippen LogP contribution in [0.5, 0.6) is 0 Å². The SMILES string of the molecule is CCC1CCC2(CC1)N=C(c1cccc(Cl)c1F)C(=O)N2C(C)c1ccc(C(=O)NCCC(=O)O)cc1. The number of aliphatic carboxylic acids is 1. The van der Waals surface area contributed by atoms with Gasteiger partial charge in [0.05, 0.1) is 17.5 Å². The van der Waals surface area contributed by atoms with Crippen molar-refractivity contribution in [2.45, 2.75) is 64.1 Å². The first-order chi connectivity index (χ1) is 17.7. The quantitative estimate of drug-likeness (QED) is 0.482. The fourth-order valence-corrected chi connectivity index (χ4v) is 5.53. The van der Waals surface area contributed by atoms with E-state index in [1.54, 1.807) is 35.2 Å². The summed E-state index contributed by atoms with van der Waals surface area (Å²) in [6.45, 7) is 4.12. The van der Waals surface area contributed by atoms with Crippen molar-refractivity contribution in [3.05, 3.63) is 70.0 Å². The van der Waals surface area contributed by atoms with Gasteiger partial charge in [-0.3, -0.25) is 19.4 Å². The van der Waals surface area contributed by atoms with Gasteiger partial charge in [0.1, 0.15) is 11.4 Å². The highest BCUT2D eigenvalue weighted by molar-refractivity contribution is 6.47. The normalized spacial score (nSPS) is 22.2. The van der Waals surface area contributed by atoms with Gasteiger partial charge in [0.15, 0.2) is 5.82 Å². The molecule has 2 aliphatic rings. The van der Waals surface area contributed by atoms with Crippen LogP contribution < -0.4 is 5.32 Å². The third-order valence-electron chi connectivity index (χ3n) is 7.55. The third kappa shape index (κ3) is 5.39. The number of nitrogens with one attached hydrogen (secondary N) is 1. The lowest BCUT2D eigenvalue weighted by molar-refractivity contribution is -0.137. The molecular weight excluding hydrogens is 497 g/mol. The molecule has 37 heavy (non-hydrogen) atoms. The Morgan fingerprint density at radius 2 is 1.89 bits per heavy atom. The number of nitrogens with zero attached hydrogens (tertiary/aromatic N) is 2. The molecule has 0 aromatic heterocycles. The summed E-state index contributed by atoms with van der Waals surface area (Å²) in [5.74, 6) is -1.77. The van der Waals surface area contributed by atoms with Gasteiger partial charge in [0.25, 0.3) is 11.8 Å². The van der Waals surface area contributed by atoms with E-state index in [2.05, 4.69) is 12.2 Å². The Morgan fingerprint density at radius 1 is 1.22 bits per heavy atom. The maximum atomic E-state index is 14.9. The van der Waals surface area contributed by atoms with Gasteiger partial charge in [0.2, 0.25) is 0 Å². The average Bonchev–Trinajstić information content (AvgIpc) is 3.16. The van der Waals surface area contributed by atoms with Crippen molar-refractivity contribution >= 4 is 35.1 Å². The zero-order valence-electron chi connectivity index (χ0n) is 21.0. The molecule has 1 saturated carbocycles. The number of carboxylic acid groups (broad SMARTS) is 1. The van der Waals surface area contributed by atoms with Crippen molar-refractivity contribution in [2.24, 2.45) is 10.9 Å². The minimum atomic E-state index is -0.985. The van der Waals surface area contributed by atoms with Crippen LogP contribution in [0.4, 0.5) is 4.39 Å².